The molecule has 0 radical (unpaired) electrons. The van der Waals surface area contributed by atoms with Gasteiger partial charge < -0.3 is 10.2 Å². The van der Waals surface area contributed by atoms with Crippen molar-refractivity contribution < 1.29 is 0 Å². The molecule has 1 unspecified atom stereocenters. The van der Waals surface area contributed by atoms with Crippen molar-refractivity contribution in [2.75, 3.05) is 13.6 Å². The van der Waals surface area contributed by atoms with E-state index < -0.39 is 0 Å². The molecule has 22 heavy (non-hydrogen) atoms. The molecule has 0 fully saturated rings. The highest BCUT2D eigenvalue weighted by Gasteiger charge is 2.21. The highest BCUT2D eigenvalue weighted by molar-refractivity contribution is 6.42. The van der Waals surface area contributed by atoms with Crippen LogP contribution in [0.25, 0.3) is 0 Å². The lowest BCUT2D eigenvalue weighted by Crippen LogP contribution is -2.36. The largest absolute Gasteiger partial charge is 0.348 e. The maximum absolute atomic E-state index is 6.25. The molecule has 3 nitrogen and oxygen atoms in total. The van der Waals surface area contributed by atoms with Crippen LogP contribution < -0.4 is 5.32 Å². The van der Waals surface area contributed by atoms with Crippen molar-refractivity contribution >= 4 is 29.2 Å². The van der Waals surface area contributed by atoms with Gasteiger partial charge in [-0.25, -0.2) is 0 Å². The third-order valence-corrected chi connectivity index (χ3v) is 4.59. The lowest BCUT2D eigenvalue weighted by atomic mass is 10.1. The van der Waals surface area contributed by atoms with Crippen LogP contribution in [0.4, 0.5) is 0 Å². The van der Waals surface area contributed by atoms with Gasteiger partial charge in [0.15, 0.2) is 5.96 Å². The summed E-state index contributed by atoms with van der Waals surface area (Å²) in [5.74, 6) is 0.880. The summed E-state index contributed by atoms with van der Waals surface area (Å²) in [4.78, 5) is 6.65. The Balaban J connectivity index is 1.67. The van der Waals surface area contributed by atoms with E-state index in [0.717, 1.165) is 18.1 Å². The predicted molar refractivity (Wildman–Crippen MR) is 92.5 cm³/mol. The van der Waals surface area contributed by atoms with Crippen LogP contribution in [0, 0.1) is 0 Å². The zero-order chi connectivity index (χ0) is 15.5. The van der Waals surface area contributed by atoms with Crippen molar-refractivity contribution in [3.05, 3.63) is 69.7 Å². The Morgan fingerprint density at radius 3 is 2.68 bits per heavy atom. The average Bonchev–Trinajstić information content (AvgIpc) is 3.03. The van der Waals surface area contributed by atoms with Crippen LogP contribution in [0.2, 0.25) is 10.0 Å². The molecular weight excluding hydrogens is 317 g/mol. The van der Waals surface area contributed by atoms with Crippen molar-refractivity contribution in [2.45, 2.75) is 12.6 Å². The molecule has 2 aromatic rings. The van der Waals surface area contributed by atoms with Gasteiger partial charge in [-0.15, -0.1) is 0 Å². The van der Waals surface area contributed by atoms with E-state index in [4.69, 9.17) is 23.2 Å². The fraction of sp³-hybridized carbons (Fsp3) is 0.235. The molecule has 3 rings (SSSR count). The van der Waals surface area contributed by atoms with E-state index in [1.807, 2.05) is 37.4 Å². The van der Waals surface area contributed by atoms with Crippen molar-refractivity contribution in [3.63, 3.8) is 0 Å². The molecule has 1 heterocycles. The van der Waals surface area contributed by atoms with Gasteiger partial charge in [0.1, 0.15) is 0 Å². The molecule has 5 heteroatoms. The zero-order valence-corrected chi connectivity index (χ0v) is 13.8. The minimum absolute atomic E-state index is 0.230. The second-order valence-corrected chi connectivity index (χ2v) is 6.13. The smallest absolute Gasteiger partial charge is 0.194 e. The molecule has 0 aromatic heterocycles. The van der Waals surface area contributed by atoms with Gasteiger partial charge in [-0.05, 0) is 17.2 Å². The molecule has 0 amide bonds. The minimum atomic E-state index is 0.230. The van der Waals surface area contributed by atoms with E-state index in [2.05, 4.69) is 27.3 Å². The molecule has 0 bridgehead atoms. The number of aliphatic imine (C=N–C) groups is 1. The monoisotopic (exact) mass is 333 g/mol. The fourth-order valence-electron chi connectivity index (χ4n) is 2.53. The molecule has 0 aliphatic carbocycles. The number of rotatable bonds is 3. The lowest BCUT2D eigenvalue weighted by Gasteiger charge is -2.22. The van der Waals surface area contributed by atoms with E-state index in [-0.39, 0.29) is 6.04 Å². The number of guanidine groups is 1. The summed E-state index contributed by atoms with van der Waals surface area (Å²) in [6.45, 7) is 1.40. The molecule has 0 saturated heterocycles. The standard InChI is InChI=1S/C17H17Cl2N3/c1-22(11-13-8-5-9-14(18)16(13)19)17-20-10-15(21-17)12-6-3-2-4-7-12/h2-9,15H,10-11H2,1H3,(H,20,21). The molecule has 1 atom stereocenters. The van der Waals surface area contributed by atoms with Gasteiger partial charge in [0, 0.05) is 13.6 Å². The van der Waals surface area contributed by atoms with Gasteiger partial charge in [0.2, 0.25) is 0 Å². The van der Waals surface area contributed by atoms with E-state index in [1.165, 1.54) is 5.56 Å². The number of nitrogens with zero attached hydrogens (tertiary/aromatic N) is 2. The normalized spacial score (nSPS) is 17.0. The predicted octanol–water partition coefficient (Wildman–Crippen LogP) is 4.13. The van der Waals surface area contributed by atoms with Crippen LogP contribution in [0.15, 0.2) is 53.5 Å². The van der Waals surface area contributed by atoms with E-state index in [1.54, 1.807) is 6.07 Å². The number of benzene rings is 2. The van der Waals surface area contributed by atoms with Gasteiger partial charge in [0.05, 0.1) is 22.6 Å². The Morgan fingerprint density at radius 2 is 1.91 bits per heavy atom. The molecule has 0 spiro atoms. The summed E-state index contributed by atoms with van der Waals surface area (Å²) < 4.78 is 0. The number of nitrogens with one attached hydrogen (secondary N) is 1. The van der Waals surface area contributed by atoms with E-state index >= 15 is 0 Å². The number of hydrogen-bond donors (Lipinski definition) is 1. The van der Waals surface area contributed by atoms with E-state index in [0.29, 0.717) is 16.6 Å². The quantitative estimate of drug-likeness (QED) is 0.914. The van der Waals surface area contributed by atoms with Crippen LogP contribution in [0.3, 0.4) is 0 Å². The SMILES string of the molecule is CN(Cc1cccc(Cl)c1Cl)C1=NCC(c2ccccc2)N1. The summed E-state index contributed by atoms with van der Waals surface area (Å²) >= 11 is 12.3. The minimum Gasteiger partial charge on any atom is -0.348 e. The topological polar surface area (TPSA) is 27.6 Å². The summed E-state index contributed by atoms with van der Waals surface area (Å²) in [6.07, 6.45) is 0. The molecular formula is C17H17Cl2N3. The van der Waals surface area contributed by atoms with Crippen molar-refractivity contribution in [3.8, 4) is 0 Å². The third kappa shape index (κ3) is 3.21. The van der Waals surface area contributed by atoms with Crippen LogP contribution in [0.5, 0.6) is 0 Å². The Labute approximate surface area is 140 Å². The lowest BCUT2D eigenvalue weighted by molar-refractivity contribution is 0.480. The van der Waals surface area contributed by atoms with Gasteiger partial charge in [0.25, 0.3) is 0 Å². The third-order valence-electron chi connectivity index (χ3n) is 3.73. The highest BCUT2D eigenvalue weighted by Crippen LogP contribution is 2.26. The zero-order valence-electron chi connectivity index (χ0n) is 12.3. The average molecular weight is 334 g/mol. The van der Waals surface area contributed by atoms with Crippen molar-refractivity contribution in [2.24, 2.45) is 4.99 Å². The first kappa shape index (κ1) is 15.2. The first-order valence-electron chi connectivity index (χ1n) is 7.15. The second kappa shape index (κ2) is 6.59. The van der Waals surface area contributed by atoms with Crippen LogP contribution in [-0.2, 0) is 6.54 Å². The van der Waals surface area contributed by atoms with Crippen LogP contribution in [0.1, 0.15) is 17.2 Å². The molecule has 1 N–H and O–H groups in total. The number of hydrogen-bond acceptors (Lipinski definition) is 3. The van der Waals surface area contributed by atoms with Crippen LogP contribution in [-0.4, -0.2) is 24.5 Å². The van der Waals surface area contributed by atoms with Gasteiger partial charge in [-0.1, -0.05) is 65.7 Å². The Kier molecular flexibility index (Phi) is 4.55. The van der Waals surface area contributed by atoms with Crippen LogP contribution >= 0.6 is 23.2 Å². The van der Waals surface area contributed by atoms with Gasteiger partial charge in [-0.2, -0.15) is 0 Å². The molecule has 1 aliphatic rings. The van der Waals surface area contributed by atoms with Gasteiger partial charge in [-0.3, -0.25) is 4.99 Å². The fourth-order valence-corrected chi connectivity index (χ4v) is 2.91. The van der Waals surface area contributed by atoms with Crippen molar-refractivity contribution in [1.82, 2.24) is 10.2 Å². The Hall–Kier alpha value is -1.71. The first-order valence-corrected chi connectivity index (χ1v) is 7.90. The molecule has 2 aromatic carbocycles. The maximum atomic E-state index is 6.25. The molecule has 114 valence electrons. The van der Waals surface area contributed by atoms with Gasteiger partial charge >= 0.3 is 0 Å². The van der Waals surface area contributed by atoms with Crippen molar-refractivity contribution in [1.29, 1.82) is 0 Å². The summed E-state index contributed by atoms with van der Waals surface area (Å²) in [5, 5.41) is 4.65. The maximum Gasteiger partial charge on any atom is 0.194 e. The van der Waals surface area contributed by atoms with E-state index in [9.17, 15) is 0 Å². The summed E-state index contributed by atoms with van der Waals surface area (Å²) in [7, 11) is 2.00. The Morgan fingerprint density at radius 1 is 1.14 bits per heavy atom. The highest BCUT2D eigenvalue weighted by atomic mass is 35.5. The first-order chi connectivity index (χ1) is 10.6. The molecule has 0 saturated carbocycles. The number of halogens is 2. The second-order valence-electron chi connectivity index (χ2n) is 5.34. The summed E-state index contributed by atoms with van der Waals surface area (Å²) in [6, 6.07) is 16.3. The molecule has 1 aliphatic heterocycles. The Bertz CT molecular complexity index is 686. The summed E-state index contributed by atoms with van der Waals surface area (Å²) in [5.41, 5.74) is 2.24.